The summed E-state index contributed by atoms with van der Waals surface area (Å²) < 4.78 is 5.99. The molecule has 0 saturated carbocycles. The molecule has 1 nitrogen and oxygen atoms in total. The molecular weight excluding hydrogens is 208 g/mol. The summed E-state index contributed by atoms with van der Waals surface area (Å²) in [5, 5.41) is 0. The molecule has 1 aliphatic rings. The van der Waals surface area contributed by atoms with E-state index in [4.69, 9.17) is 4.74 Å². The minimum atomic E-state index is 0.282. The second kappa shape index (κ2) is 4.25. The van der Waals surface area contributed by atoms with Crippen LogP contribution in [0.15, 0.2) is 48.5 Å². The maximum absolute atomic E-state index is 5.99. The Kier molecular flexibility index (Phi) is 2.60. The average Bonchev–Trinajstić information content (AvgIpc) is 2.36. The van der Waals surface area contributed by atoms with Gasteiger partial charge in [-0.15, -0.1) is 0 Å². The van der Waals surface area contributed by atoms with Crippen LogP contribution in [0.1, 0.15) is 18.9 Å². The summed E-state index contributed by atoms with van der Waals surface area (Å²) in [7, 11) is 0. The quantitative estimate of drug-likeness (QED) is 0.655. The molecule has 1 heteroatoms. The third-order valence-corrected chi connectivity index (χ3v) is 3.34. The van der Waals surface area contributed by atoms with E-state index in [2.05, 4.69) is 49.4 Å². The SMILES string of the molecule is C[C@H]1CCc2ccccc2-c2ccccc2O1. The molecule has 0 aliphatic carbocycles. The van der Waals surface area contributed by atoms with E-state index < -0.39 is 0 Å². The maximum atomic E-state index is 5.99. The second-order valence-corrected chi connectivity index (χ2v) is 4.62. The number of hydrogen-bond donors (Lipinski definition) is 0. The summed E-state index contributed by atoms with van der Waals surface area (Å²) in [6.07, 6.45) is 2.45. The Morgan fingerprint density at radius 2 is 1.65 bits per heavy atom. The van der Waals surface area contributed by atoms with Crippen LogP contribution in [-0.4, -0.2) is 6.10 Å². The fourth-order valence-corrected chi connectivity index (χ4v) is 2.43. The van der Waals surface area contributed by atoms with Crippen LogP contribution < -0.4 is 4.74 Å². The van der Waals surface area contributed by atoms with E-state index in [9.17, 15) is 0 Å². The Bertz CT molecular complexity index is 531. The van der Waals surface area contributed by atoms with Gasteiger partial charge >= 0.3 is 0 Å². The molecule has 2 aromatic carbocycles. The highest BCUT2D eigenvalue weighted by molar-refractivity contribution is 5.73. The first-order chi connectivity index (χ1) is 8.34. The van der Waals surface area contributed by atoms with Gasteiger partial charge in [-0.05, 0) is 37.0 Å². The predicted octanol–water partition coefficient (Wildman–Crippen LogP) is 4.07. The lowest BCUT2D eigenvalue weighted by atomic mass is 9.94. The van der Waals surface area contributed by atoms with Crippen molar-refractivity contribution in [2.75, 3.05) is 0 Å². The third-order valence-electron chi connectivity index (χ3n) is 3.34. The third kappa shape index (κ3) is 1.93. The highest BCUT2D eigenvalue weighted by Crippen LogP contribution is 2.35. The first-order valence-electron chi connectivity index (χ1n) is 6.18. The van der Waals surface area contributed by atoms with Gasteiger partial charge in [-0.25, -0.2) is 0 Å². The molecule has 1 aliphatic heterocycles. The molecule has 86 valence electrons. The highest BCUT2D eigenvalue weighted by Gasteiger charge is 2.16. The van der Waals surface area contributed by atoms with Crippen molar-refractivity contribution in [1.82, 2.24) is 0 Å². The average molecular weight is 224 g/mol. The molecule has 1 heterocycles. The number of ether oxygens (including phenoxy) is 1. The van der Waals surface area contributed by atoms with Crippen LogP contribution in [0.5, 0.6) is 5.75 Å². The minimum Gasteiger partial charge on any atom is -0.490 e. The molecule has 1 atom stereocenters. The smallest absolute Gasteiger partial charge is 0.127 e. The van der Waals surface area contributed by atoms with Gasteiger partial charge in [0, 0.05) is 5.56 Å². The zero-order chi connectivity index (χ0) is 11.7. The largest absolute Gasteiger partial charge is 0.490 e. The van der Waals surface area contributed by atoms with E-state index in [-0.39, 0.29) is 6.10 Å². The lowest BCUT2D eigenvalue weighted by Crippen LogP contribution is -2.15. The lowest BCUT2D eigenvalue weighted by molar-refractivity contribution is 0.211. The van der Waals surface area contributed by atoms with Crippen molar-refractivity contribution in [1.29, 1.82) is 0 Å². The van der Waals surface area contributed by atoms with E-state index in [1.54, 1.807) is 0 Å². The fraction of sp³-hybridized carbons (Fsp3) is 0.250. The Labute approximate surface area is 102 Å². The number of aryl methyl sites for hydroxylation is 1. The summed E-state index contributed by atoms with van der Waals surface area (Å²) >= 11 is 0. The zero-order valence-electron chi connectivity index (χ0n) is 10.0. The van der Waals surface area contributed by atoms with Gasteiger partial charge < -0.3 is 4.74 Å². The van der Waals surface area contributed by atoms with Crippen molar-refractivity contribution in [3.63, 3.8) is 0 Å². The summed E-state index contributed by atoms with van der Waals surface area (Å²) in [5.74, 6) is 1.01. The zero-order valence-corrected chi connectivity index (χ0v) is 10.0. The van der Waals surface area contributed by atoms with Gasteiger partial charge in [0.25, 0.3) is 0 Å². The molecule has 0 radical (unpaired) electrons. The molecular formula is C16H16O. The topological polar surface area (TPSA) is 9.23 Å². The molecule has 0 spiro atoms. The second-order valence-electron chi connectivity index (χ2n) is 4.62. The normalized spacial score (nSPS) is 18.3. The van der Waals surface area contributed by atoms with E-state index >= 15 is 0 Å². The van der Waals surface area contributed by atoms with Crippen LogP contribution >= 0.6 is 0 Å². The van der Waals surface area contributed by atoms with Crippen LogP contribution in [0.25, 0.3) is 11.1 Å². The molecule has 0 aromatic heterocycles. The Hall–Kier alpha value is -1.76. The molecule has 0 fully saturated rings. The highest BCUT2D eigenvalue weighted by atomic mass is 16.5. The van der Waals surface area contributed by atoms with Crippen LogP contribution in [0.3, 0.4) is 0 Å². The standard InChI is InChI=1S/C16H16O/c1-12-10-11-13-6-2-3-7-14(13)15-8-4-5-9-16(15)17-12/h2-9,12H,10-11H2,1H3/t12-/m0/s1. The van der Waals surface area contributed by atoms with E-state index in [0.29, 0.717) is 0 Å². The number of fused-ring (bicyclic) bond motifs is 3. The first-order valence-corrected chi connectivity index (χ1v) is 6.18. The van der Waals surface area contributed by atoms with Crippen molar-refractivity contribution in [2.45, 2.75) is 25.9 Å². The molecule has 2 aromatic rings. The molecule has 0 amide bonds. The van der Waals surface area contributed by atoms with Gasteiger partial charge in [-0.2, -0.15) is 0 Å². The number of benzene rings is 2. The fourth-order valence-electron chi connectivity index (χ4n) is 2.43. The molecule has 0 N–H and O–H groups in total. The Morgan fingerprint density at radius 3 is 2.53 bits per heavy atom. The molecule has 3 rings (SSSR count). The van der Waals surface area contributed by atoms with Crippen molar-refractivity contribution < 1.29 is 4.74 Å². The van der Waals surface area contributed by atoms with E-state index in [1.807, 2.05) is 6.07 Å². The van der Waals surface area contributed by atoms with E-state index in [0.717, 1.165) is 18.6 Å². The summed E-state index contributed by atoms with van der Waals surface area (Å²) in [6, 6.07) is 17.0. The van der Waals surface area contributed by atoms with Crippen molar-refractivity contribution in [3.05, 3.63) is 54.1 Å². The van der Waals surface area contributed by atoms with Gasteiger partial charge in [0.05, 0.1) is 6.10 Å². The Balaban J connectivity index is 2.20. The lowest BCUT2D eigenvalue weighted by Gasteiger charge is -2.22. The van der Waals surface area contributed by atoms with Gasteiger partial charge in [-0.3, -0.25) is 0 Å². The van der Waals surface area contributed by atoms with Gasteiger partial charge in [0.2, 0.25) is 0 Å². The summed E-state index contributed by atoms with van der Waals surface area (Å²) in [5.41, 5.74) is 3.96. The Morgan fingerprint density at radius 1 is 0.941 bits per heavy atom. The van der Waals surface area contributed by atoms with Gasteiger partial charge in [0.15, 0.2) is 0 Å². The van der Waals surface area contributed by atoms with Crippen LogP contribution in [0.2, 0.25) is 0 Å². The van der Waals surface area contributed by atoms with Crippen molar-refractivity contribution >= 4 is 0 Å². The van der Waals surface area contributed by atoms with Crippen LogP contribution in [0.4, 0.5) is 0 Å². The van der Waals surface area contributed by atoms with E-state index in [1.165, 1.54) is 16.7 Å². The molecule has 0 bridgehead atoms. The monoisotopic (exact) mass is 224 g/mol. The first kappa shape index (κ1) is 10.4. The van der Waals surface area contributed by atoms with Crippen LogP contribution in [-0.2, 0) is 6.42 Å². The predicted molar refractivity (Wildman–Crippen MR) is 70.3 cm³/mol. The molecule has 0 saturated heterocycles. The number of rotatable bonds is 0. The van der Waals surface area contributed by atoms with Crippen LogP contribution in [0, 0.1) is 0 Å². The summed E-state index contributed by atoms with van der Waals surface area (Å²) in [6.45, 7) is 2.14. The van der Waals surface area contributed by atoms with Crippen molar-refractivity contribution in [2.24, 2.45) is 0 Å². The number of para-hydroxylation sites is 1. The molecule has 17 heavy (non-hydrogen) atoms. The summed E-state index contributed by atoms with van der Waals surface area (Å²) in [4.78, 5) is 0. The maximum Gasteiger partial charge on any atom is 0.127 e. The number of hydrogen-bond acceptors (Lipinski definition) is 1. The molecule has 0 unspecified atom stereocenters. The minimum absolute atomic E-state index is 0.282. The van der Waals surface area contributed by atoms with Gasteiger partial charge in [0.1, 0.15) is 5.75 Å². The van der Waals surface area contributed by atoms with Crippen molar-refractivity contribution in [3.8, 4) is 16.9 Å². The van der Waals surface area contributed by atoms with Gasteiger partial charge in [-0.1, -0.05) is 42.5 Å².